The van der Waals surface area contributed by atoms with Crippen LogP contribution in [0, 0.1) is 0 Å². The van der Waals surface area contributed by atoms with Gasteiger partial charge >= 0.3 is 14.8 Å². The molecule has 0 aliphatic heterocycles. The summed E-state index contributed by atoms with van der Waals surface area (Å²) in [5.41, 5.74) is 0. The van der Waals surface area contributed by atoms with Crippen LogP contribution in [0.4, 0.5) is 13.2 Å². The Morgan fingerprint density at radius 3 is 1.67 bits per heavy atom. The van der Waals surface area contributed by atoms with Crippen molar-refractivity contribution in [2.45, 2.75) is 46.1 Å². The lowest BCUT2D eigenvalue weighted by atomic mass is 10.5. The quantitative estimate of drug-likeness (QED) is 0.671. The van der Waals surface area contributed by atoms with Gasteiger partial charge in [-0.25, -0.2) is 0 Å². The number of hydrogen-bond acceptors (Lipinski definition) is 3. The van der Waals surface area contributed by atoms with Gasteiger partial charge in [-0.1, -0.05) is 0 Å². The largest absolute Gasteiger partial charge is 0.412 e. The van der Waals surface area contributed by atoms with Crippen molar-refractivity contribution in [3.63, 3.8) is 0 Å². The Bertz CT molecular complexity index is 163. The lowest BCUT2D eigenvalue weighted by Crippen LogP contribution is -2.17. The second-order valence-electron chi connectivity index (χ2n) is 3.42. The topological polar surface area (TPSA) is 27.7 Å². The van der Waals surface area contributed by atoms with Crippen molar-refractivity contribution in [1.82, 2.24) is 0 Å². The number of halogens is 3. The van der Waals surface area contributed by atoms with E-state index in [9.17, 15) is 13.2 Å². The summed E-state index contributed by atoms with van der Waals surface area (Å²) < 4.78 is 50.3. The molecule has 0 heterocycles. The highest BCUT2D eigenvalue weighted by atomic mass is 31.2. The molecule has 0 saturated carbocycles. The lowest BCUT2D eigenvalue weighted by Gasteiger charge is -2.21. The normalized spacial score (nSPS) is 13.2. The average molecular weight is 248 g/mol. The molecule has 7 heteroatoms. The van der Waals surface area contributed by atoms with E-state index < -0.39 is 21.4 Å². The molecular formula is C8H16F3O3P. The summed E-state index contributed by atoms with van der Waals surface area (Å²) in [6.07, 6.45) is -4.83. The van der Waals surface area contributed by atoms with Gasteiger partial charge in [-0.05, 0) is 27.7 Å². The van der Waals surface area contributed by atoms with Crippen molar-refractivity contribution in [2.75, 3.05) is 6.61 Å². The summed E-state index contributed by atoms with van der Waals surface area (Å²) in [5.74, 6) is 0. The molecule has 0 aromatic heterocycles. The maximum Gasteiger partial charge on any atom is 0.412 e. The summed E-state index contributed by atoms with van der Waals surface area (Å²) in [4.78, 5) is 0. The summed E-state index contributed by atoms with van der Waals surface area (Å²) in [5, 5.41) is 0. The van der Waals surface area contributed by atoms with Gasteiger partial charge in [-0.15, -0.1) is 0 Å². The first-order valence-electron chi connectivity index (χ1n) is 4.54. The van der Waals surface area contributed by atoms with Crippen LogP contribution < -0.4 is 0 Å². The lowest BCUT2D eigenvalue weighted by molar-refractivity contribution is -0.156. The van der Waals surface area contributed by atoms with Gasteiger partial charge in [0.05, 0.1) is 12.2 Å². The fraction of sp³-hybridized carbons (Fsp3) is 1.00. The highest BCUT2D eigenvalue weighted by Crippen LogP contribution is 2.43. The highest BCUT2D eigenvalue weighted by molar-refractivity contribution is 7.41. The van der Waals surface area contributed by atoms with Crippen LogP contribution in [0.25, 0.3) is 0 Å². The Kier molecular flexibility index (Phi) is 6.68. The molecule has 0 N–H and O–H groups in total. The minimum Gasteiger partial charge on any atom is -0.309 e. The maximum atomic E-state index is 11.9. The van der Waals surface area contributed by atoms with E-state index in [4.69, 9.17) is 9.05 Å². The third-order valence-electron chi connectivity index (χ3n) is 0.927. The average Bonchev–Trinajstić information content (AvgIpc) is 1.96. The van der Waals surface area contributed by atoms with Crippen molar-refractivity contribution in [1.29, 1.82) is 0 Å². The van der Waals surface area contributed by atoms with Gasteiger partial charge in [0, 0.05) is 0 Å². The van der Waals surface area contributed by atoms with Gasteiger partial charge in [-0.2, -0.15) is 13.2 Å². The van der Waals surface area contributed by atoms with Crippen LogP contribution >= 0.6 is 8.60 Å². The summed E-state index contributed by atoms with van der Waals surface area (Å²) >= 11 is 0. The summed E-state index contributed by atoms with van der Waals surface area (Å²) in [6, 6.07) is 0. The SMILES string of the molecule is CC(C)OP(OCC(F)(F)F)OC(C)C. The van der Waals surface area contributed by atoms with Gasteiger partial charge in [0.25, 0.3) is 0 Å². The molecule has 0 aromatic carbocycles. The van der Waals surface area contributed by atoms with Gasteiger partial charge in [-0.3, -0.25) is 0 Å². The van der Waals surface area contributed by atoms with Crippen LogP contribution in [0.2, 0.25) is 0 Å². The molecule has 0 aromatic rings. The van der Waals surface area contributed by atoms with Gasteiger partial charge < -0.3 is 13.6 Å². The first-order valence-corrected chi connectivity index (χ1v) is 5.63. The van der Waals surface area contributed by atoms with Crippen LogP contribution in [0.15, 0.2) is 0 Å². The molecule has 0 radical (unpaired) electrons. The molecule has 0 rings (SSSR count). The van der Waals surface area contributed by atoms with Crippen LogP contribution in [0.5, 0.6) is 0 Å². The van der Waals surface area contributed by atoms with E-state index in [0.717, 1.165) is 0 Å². The minimum atomic E-state index is -4.36. The van der Waals surface area contributed by atoms with Crippen molar-refractivity contribution in [3.05, 3.63) is 0 Å². The third kappa shape index (κ3) is 10.4. The van der Waals surface area contributed by atoms with E-state index in [1.807, 2.05) is 0 Å². The van der Waals surface area contributed by atoms with E-state index in [2.05, 4.69) is 4.52 Å². The summed E-state index contributed by atoms with van der Waals surface area (Å²) in [6.45, 7) is 5.47. The van der Waals surface area contributed by atoms with E-state index in [1.165, 1.54) is 0 Å². The highest BCUT2D eigenvalue weighted by Gasteiger charge is 2.31. The van der Waals surface area contributed by atoms with Gasteiger partial charge in [0.15, 0.2) is 6.61 Å². The Morgan fingerprint density at radius 2 is 1.40 bits per heavy atom. The monoisotopic (exact) mass is 248 g/mol. The molecule has 3 nitrogen and oxygen atoms in total. The van der Waals surface area contributed by atoms with Crippen LogP contribution in [-0.4, -0.2) is 25.0 Å². The Hall–Kier alpha value is 0.100. The molecule has 0 unspecified atom stereocenters. The zero-order valence-corrected chi connectivity index (χ0v) is 10.1. The fourth-order valence-corrected chi connectivity index (χ4v) is 1.67. The number of rotatable bonds is 6. The van der Waals surface area contributed by atoms with E-state index in [0.29, 0.717) is 0 Å². The Morgan fingerprint density at radius 1 is 1.00 bits per heavy atom. The standard InChI is InChI=1S/C8H16F3O3P/c1-6(2)13-15(14-7(3)4)12-5-8(9,10)11/h6-7H,5H2,1-4H3. The van der Waals surface area contributed by atoms with Crippen molar-refractivity contribution in [3.8, 4) is 0 Å². The molecule has 0 aliphatic rings. The molecule has 0 atom stereocenters. The van der Waals surface area contributed by atoms with Crippen molar-refractivity contribution < 1.29 is 26.7 Å². The van der Waals surface area contributed by atoms with E-state index in [-0.39, 0.29) is 12.2 Å². The third-order valence-corrected chi connectivity index (χ3v) is 2.45. The van der Waals surface area contributed by atoms with Crippen LogP contribution in [0.3, 0.4) is 0 Å². The first kappa shape index (κ1) is 15.1. The molecule has 0 spiro atoms. The molecule has 0 saturated heterocycles. The second-order valence-corrected chi connectivity index (χ2v) is 4.55. The minimum absolute atomic E-state index is 0.233. The molecule has 0 amide bonds. The molecule has 0 bridgehead atoms. The van der Waals surface area contributed by atoms with Crippen LogP contribution in [-0.2, 0) is 13.6 Å². The van der Waals surface area contributed by atoms with E-state index in [1.54, 1.807) is 27.7 Å². The van der Waals surface area contributed by atoms with Crippen molar-refractivity contribution in [2.24, 2.45) is 0 Å². The number of alkyl halides is 3. The zero-order chi connectivity index (χ0) is 12.1. The summed E-state index contributed by atoms with van der Waals surface area (Å²) in [7, 11) is -1.92. The predicted molar refractivity (Wildman–Crippen MR) is 51.4 cm³/mol. The molecule has 15 heavy (non-hydrogen) atoms. The fourth-order valence-electron chi connectivity index (χ4n) is 0.556. The van der Waals surface area contributed by atoms with Gasteiger partial charge in [0.2, 0.25) is 0 Å². The predicted octanol–water partition coefficient (Wildman–Crippen LogP) is 3.64. The number of hydrogen-bond donors (Lipinski definition) is 0. The van der Waals surface area contributed by atoms with Crippen molar-refractivity contribution >= 4 is 8.60 Å². The Labute approximate surface area is 88.9 Å². The molecule has 0 fully saturated rings. The maximum absolute atomic E-state index is 11.9. The Balaban J connectivity index is 4.01. The molecule has 92 valence electrons. The smallest absolute Gasteiger partial charge is 0.309 e. The van der Waals surface area contributed by atoms with E-state index >= 15 is 0 Å². The first-order chi connectivity index (χ1) is 6.70. The van der Waals surface area contributed by atoms with Crippen LogP contribution in [0.1, 0.15) is 27.7 Å². The zero-order valence-electron chi connectivity index (χ0n) is 9.17. The van der Waals surface area contributed by atoms with Gasteiger partial charge in [0.1, 0.15) is 0 Å². The second kappa shape index (κ2) is 6.63. The molecule has 0 aliphatic carbocycles. The molecular weight excluding hydrogens is 232 g/mol.